The molecule has 9 nitrogen and oxygen atoms in total. The van der Waals surface area contributed by atoms with Crippen LogP contribution in [-0.2, 0) is 24.5 Å². The molecule has 1 heterocycles. The van der Waals surface area contributed by atoms with Crippen LogP contribution in [0.3, 0.4) is 0 Å². The molecule has 0 aromatic carbocycles. The molecule has 0 amide bonds. The van der Waals surface area contributed by atoms with Crippen LogP contribution < -0.4 is 0 Å². The highest BCUT2D eigenvalue weighted by Gasteiger charge is 2.53. The highest BCUT2D eigenvalue weighted by atomic mass is 16.6. The second kappa shape index (κ2) is 8.01. The summed E-state index contributed by atoms with van der Waals surface area (Å²) in [5.74, 6) is -1.95. The summed E-state index contributed by atoms with van der Waals surface area (Å²) in [6.07, 6.45) is 0.364. The number of hydrogen-bond donors (Lipinski definition) is 0. The minimum Gasteiger partial charge on any atom is -0.465 e. The second-order valence-corrected chi connectivity index (χ2v) is 4.80. The fourth-order valence-corrected chi connectivity index (χ4v) is 2.24. The van der Waals surface area contributed by atoms with E-state index in [0.29, 0.717) is 0 Å². The van der Waals surface area contributed by atoms with E-state index in [9.17, 15) is 19.7 Å². The summed E-state index contributed by atoms with van der Waals surface area (Å²) < 4.78 is 9.90. The molecule has 0 fully saturated rings. The van der Waals surface area contributed by atoms with E-state index in [1.54, 1.807) is 19.9 Å². The fourth-order valence-electron chi connectivity index (χ4n) is 2.24. The summed E-state index contributed by atoms with van der Waals surface area (Å²) in [6.45, 7) is 4.53. The molecule has 0 aliphatic heterocycles. The third-order valence-electron chi connectivity index (χ3n) is 3.27. The van der Waals surface area contributed by atoms with E-state index < -0.39 is 28.7 Å². The van der Waals surface area contributed by atoms with Gasteiger partial charge in [-0.2, -0.15) is 5.26 Å². The number of nitriles is 1. The van der Waals surface area contributed by atoms with Gasteiger partial charge in [-0.25, -0.2) is 0 Å². The Labute approximate surface area is 138 Å². The number of aryl methyl sites for hydroxylation is 1. The van der Waals surface area contributed by atoms with E-state index in [-0.39, 0.29) is 30.2 Å². The average Bonchev–Trinajstić information content (AvgIpc) is 2.53. The van der Waals surface area contributed by atoms with Crippen molar-refractivity contribution in [2.24, 2.45) is 0 Å². The Balaban J connectivity index is 3.62. The van der Waals surface area contributed by atoms with Crippen LogP contribution >= 0.6 is 0 Å². The highest BCUT2D eigenvalue weighted by Crippen LogP contribution is 2.33. The molecule has 1 aromatic heterocycles. The smallest absolute Gasteiger partial charge is 0.330 e. The lowest BCUT2D eigenvalue weighted by atomic mass is 9.79. The number of hydrogen-bond acceptors (Lipinski definition) is 8. The maximum atomic E-state index is 12.5. The molecule has 128 valence electrons. The minimum atomic E-state index is -2.08. The van der Waals surface area contributed by atoms with Crippen LogP contribution in [0.2, 0.25) is 0 Å². The zero-order chi connectivity index (χ0) is 18.3. The lowest BCUT2D eigenvalue weighted by Crippen LogP contribution is -2.47. The molecular formula is C15H17N3O6. The second-order valence-electron chi connectivity index (χ2n) is 4.80. The topological polar surface area (TPSA) is 132 Å². The van der Waals surface area contributed by atoms with Gasteiger partial charge in [-0.05, 0) is 26.3 Å². The van der Waals surface area contributed by atoms with Gasteiger partial charge in [-0.15, -0.1) is 0 Å². The Kier molecular flexibility index (Phi) is 6.35. The molecule has 9 heteroatoms. The van der Waals surface area contributed by atoms with Crippen LogP contribution in [0, 0.1) is 28.4 Å². The Hall–Kier alpha value is -3.02. The number of nitrogens with zero attached hydrogens (tertiary/aromatic N) is 3. The molecule has 0 atom stereocenters. The van der Waals surface area contributed by atoms with Crippen LogP contribution in [0.1, 0.15) is 31.5 Å². The normalized spacial score (nSPS) is 10.6. The monoisotopic (exact) mass is 335 g/mol. The first kappa shape index (κ1) is 19.0. The Morgan fingerprint density at radius 3 is 2.25 bits per heavy atom. The van der Waals surface area contributed by atoms with E-state index in [4.69, 9.17) is 14.7 Å². The van der Waals surface area contributed by atoms with Crippen LogP contribution in [-0.4, -0.2) is 35.1 Å². The summed E-state index contributed by atoms with van der Waals surface area (Å²) >= 11 is 0. The molecule has 0 saturated heterocycles. The number of nitro groups is 1. The van der Waals surface area contributed by atoms with Crippen molar-refractivity contribution < 1.29 is 24.0 Å². The van der Waals surface area contributed by atoms with Crippen molar-refractivity contribution in [3.05, 3.63) is 33.6 Å². The van der Waals surface area contributed by atoms with Crippen LogP contribution in [0.15, 0.2) is 12.3 Å². The molecule has 0 aliphatic carbocycles. The van der Waals surface area contributed by atoms with Gasteiger partial charge in [0.1, 0.15) is 6.20 Å². The van der Waals surface area contributed by atoms with Gasteiger partial charge in [0.05, 0.1) is 36.3 Å². The number of esters is 2. The lowest BCUT2D eigenvalue weighted by Gasteiger charge is -2.27. The van der Waals surface area contributed by atoms with E-state index in [1.165, 1.54) is 13.0 Å². The van der Waals surface area contributed by atoms with E-state index in [1.807, 2.05) is 0 Å². The van der Waals surface area contributed by atoms with Gasteiger partial charge < -0.3 is 9.47 Å². The first-order valence-electron chi connectivity index (χ1n) is 7.18. The van der Waals surface area contributed by atoms with Crippen molar-refractivity contribution in [3.63, 3.8) is 0 Å². The molecule has 0 spiro atoms. The summed E-state index contributed by atoms with van der Waals surface area (Å²) in [7, 11) is 0. The van der Waals surface area contributed by atoms with Gasteiger partial charge in [0.15, 0.2) is 0 Å². The SMILES string of the molecule is CCOC(=O)C(CC#N)(C(=O)OCC)c1ncc([N+](=O)[O-])cc1C. The molecule has 24 heavy (non-hydrogen) atoms. The van der Waals surface area contributed by atoms with Gasteiger partial charge in [0.2, 0.25) is 5.41 Å². The number of pyridine rings is 1. The summed E-state index contributed by atoms with van der Waals surface area (Å²) in [5.41, 5.74) is -2.26. The van der Waals surface area contributed by atoms with Crippen LogP contribution in [0.25, 0.3) is 0 Å². The number of rotatable bonds is 7. The highest BCUT2D eigenvalue weighted by molar-refractivity contribution is 6.06. The molecule has 0 unspecified atom stereocenters. The molecule has 0 saturated carbocycles. The summed E-state index contributed by atoms with van der Waals surface area (Å²) in [4.78, 5) is 39.1. The zero-order valence-electron chi connectivity index (χ0n) is 13.6. The first-order valence-corrected chi connectivity index (χ1v) is 7.18. The van der Waals surface area contributed by atoms with Crippen LogP contribution in [0.4, 0.5) is 5.69 Å². The maximum absolute atomic E-state index is 12.5. The summed E-state index contributed by atoms with van der Waals surface area (Å²) in [5, 5.41) is 20.0. The van der Waals surface area contributed by atoms with Crippen molar-refractivity contribution in [1.82, 2.24) is 4.98 Å². The van der Waals surface area contributed by atoms with Crippen molar-refractivity contribution in [3.8, 4) is 6.07 Å². The zero-order valence-corrected chi connectivity index (χ0v) is 13.6. The van der Waals surface area contributed by atoms with Crippen molar-refractivity contribution in [2.45, 2.75) is 32.6 Å². The maximum Gasteiger partial charge on any atom is 0.330 e. The molecule has 1 rings (SSSR count). The standard InChI is InChI=1S/C15H17N3O6/c1-4-23-13(19)15(6-7-16,14(20)24-5-2)12-10(3)8-11(9-17-12)18(21)22/h8-9H,4-6H2,1-3H3. The van der Waals surface area contributed by atoms with E-state index in [2.05, 4.69) is 4.98 Å². The lowest BCUT2D eigenvalue weighted by molar-refractivity contribution is -0.385. The first-order chi connectivity index (χ1) is 11.3. The molecule has 0 radical (unpaired) electrons. The number of carbonyl (C=O) groups excluding carboxylic acids is 2. The van der Waals surface area contributed by atoms with E-state index >= 15 is 0 Å². The predicted octanol–water partition coefficient (Wildman–Crippen LogP) is 1.58. The molecule has 0 aliphatic rings. The minimum absolute atomic E-state index is 0.0164. The quantitative estimate of drug-likeness (QED) is 0.317. The average molecular weight is 335 g/mol. The van der Waals surface area contributed by atoms with Gasteiger partial charge >= 0.3 is 11.9 Å². The van der Waals surface area contributed by atoms with Crippen molar-refractivity contribution >= 4 is 17.6 Å². The Morgan fingerprint density at radius 1 is 1.33 bits per heavy atom. The third-order valence-corrected chi connectivity index (χ3v) is 3.27. The fraction of sp³-hybridized carbons (Fsp3) is 0.467. The van der Waals surface area contributed by atoms with Gasteiger partial charge in [0, 0.05) is 6.07 Å². The Morgan fingerprint density at radius 2 is 1.88 bits per heavy atom. The van der Waals surface area contributed by atoms with Gasteiger partial charge in [-0.3, -0.25) is 24.7 Å². The third kappa shape index (κ3) is 3.48. The Bertz CT molecular complexity index is 677. The molecule has 1 aromatic rings. The molecular weight excluding hydrogens is 318 g/mol. The molecule has 0 bridgehead atoms. The van der Waals surface area contributed by atoms with Gasteiger partial charge in [0.25, 0.3) is 5.69 Å². The van der Waals surface area contributed by atoms with Gasteiger partial charge in [-0.1, -0.05) is 0 Å². The predicted molar refractivity (Wildman–Crippen MR) is 80.8 cm³/mol. The van der Waals surface area contributed by atoms with Crippen molar-refractivity contribution in [1.29, 1.82) is 5.26 Å². The van der Waals surface area contributed by atoms with Crippen molar-refractivity contribution in [2.75, 3.05) is 13.2 Å². The summed E-state index contributed by atoms with van der Waals surface area (Å²) in [6, 6.07) is 2.95. The number of aromatic nitrogens is 1. The molecule has 0 N–H and O–H groups in total. The van der Waals surface area contributed by atoms with Crippen LogP contribution in [0.5, 0.6) is 0 Å². The number of ether oxygens (including phenoxy) is 2. The largest absolute Gasteiger partial charge is 0.465 e. The number of carbonyl (C=O) groups is 2. The van der Waals surface area contributed by atoms with E-state index in [0.717, 1.165) is 6.20 Å².